The Morgan fingerprint density at radius 1 is 1.08 bits per heavy atom. The lowest BCUT2D eigenvalue weighted by Crippen LogP contribution is -2.40. The van der Waals surface area contributed by atoms with E-state index in [0.29, 0.717) is 12.5 Å². The van der Waals surface area contributed by atoms with Crippen molar-refractivity contribution >= 4 is 16.5 Å². The molecule has 140 valence electrons. The molecule has 1 aliphatic carbocycles. The van der Waals surface area contributed by atoms with Crippen LogP contribution < -0.4 is 5.32 Å². The number of benzene rings is 2. The number of rotatable bonds is 7. The fourth-order valence-corrected chi connectivity index (χ4v) is 4.36. The van der Waals surface area contributed by atoms with Crippen LogP contribution in [0.5, 0.6) is 0 Å². The van der Waals surface area contributed by atoms with E-state index < -0.39 is 5.60 Å². The first-order valence-electron chi connectivity index (χ1n) is 9.96. The molecule has 2 aromatic carbocycles. The molecule has 2 atom stereocenters. The molecule has 2 aromatic rings. The van der Waals surface area contributed by atoms with Gasteiger partial charge in [-0.1, -0.05) is 61.7 Å². The topological polar surface area (TPSA) is 56.1 Å². The summed E-state index contributed by atoms with van der Waals surface area (Å²) in [7, 11) is 1.94. The van der Waals surface area contributed by atoms with Gasteiger partial charge in [0.1, 0.15) is 0 Å². The van der Waals surface area contributed by atoms with Crippen molar-refractivity contribution in [1.82, 2.24) is 5.32 Å². The van der Waals surface area contributed by atoms with Gasteiger partial charge in [-0.2, -0.15) is 0 Å². The lowest BCUT2D eigenvalue weighted by molar-refractivity contribution is -0.0201. The molecule has 1 aliphatic rings. The van der Waals surface area contributed by atoms with Crippen LogP contribution in [0.25, 0.3) is 10.8 Å². The zero-order valence-electron chi connectivity index (χ0n) is 16.1. The van der Waals surface area contributed by atoms with Crippen molar-refractivity contribution in [2.45, 2.75) is 69.4 Å². The van der Waals surface area contributed by atoms with Crippen LogP contribution >= 0.6 is 0 Å². The Hall–Kier alpha value is -1.71. The van der Waals surface area contributed by atoms with E-state index in [1.807, 2.05) is 7.05 Å². The van der Waals surface area contributed by atoms with Crippen LogP contribution in [0.2, 0.25) is 0 Å². The molecule has 0 radical (unpaired) electrons. The monoisotopic (exact) mass is 352 g/mol. The largest absolute Gasteiger partial charge is 0.389 e. The van der Waals surface area contributed by atoms with Crippen LogP contribution in [0.4, 0.5) is 0 Å². The van der Waals surface area contributed by atoms with Gasteiger partial charge in [0.2, 0.25) is 0 Å². The summed E-state index contributed by atoms with van der Waals surface area (Å²) in [6.45, 7) is 2.11. The second-order valence-corrected chi connectivity index (χ2v) is 8.02. The summed E-state index contributed by atoms with van der Waals surface area (Å²) in [5.41, 5.74) is 1.22. The smallest absolute Gasteiger partial charge is 0.0719 e. The second-order valence-electron chi connectivity index (χ2n) is 8.02. The van der Waals surface area contributed by atoms with E-state index >= 15 is 0 Å². The minimum absolute atomic E-state index is 0.00367. The molecular weight excluding hydrogens is 320 g/mol. The number of hydrogen-bond donors (Lipinski definition) is 3. The van der Waals surface area contributed by atoms with Crippen molar-refractivity contribution in [1.29, 1.82) is 5.41 Å². The molecule has 26 heavy (non-hydrogen) atoms. The van der Waals surface area contributed by atoms with Gasteiger partial charge in [0.05, 0.1) is 5.60 Å². The molecule has 3 N–H and O–H groups in total. The molecule has 0 saturated heterocycles. The number of nitrogens with one attached hydrogen (secondary N) is 2. The summed E-state index contributed by atoms with van der Waals surface area (Å²) in [6.07, 6.45) is 6.44. The molecule has 0 amide bonds. The van der Waals surface area contributed by atoms with Gasteiger partial charge < -0.3 is 15.8 Å². The van der Waals surface area contributed by atoms with Crippen molar-refractivity contribution in [3.8, 4) is 0 Å². The molecule has 0 aliphatic heterocycles. The third-order valence-corrected chi connectivity index (χ3v) is 6.04. The number of fused-ring (bicyclic) bond motifs is 1. The Balaban J connectivity index is 1.91. The van der Waals surface area contributed by atoms with Gasteiger partial charge in [-0.3, -0.25) is 0 Å². The molecule has 0 spiro atoms. The standard InChI is InChI=1S/C23H32N2O/c1-17(25-2)14-21(24)16-22(23(26)12-6-3-7-13-23)20-11-10-18-8-4-5-9-19(18)15-20/h4-5,8-11,15,17,22,24-26H,3,6-7,12-14,16H2,1-2H3/t17-,22?/m0/s1. The van der Waals surface area contributed by atoms with Crippen molar-refractivity contribution in [3.63, 3.8) is 0 Å². The Kier molecular flexibility index (Phi) is 6.10. The predicted octanol–water partition coefficient (Wildman–Crippen LogP) is 5.03. The third-order valence-electron chi connectivity index (χ3n) is 6.04. The highest BCUT2D eigenvalue weighted by atomic mass is 16.3. The molecular formula is C23H32N2O. The first kappa shape index (κ1) is 19.1. The summed E-state index contributed by atoms with van der Waals surface area (Å²) in [4.78, 5) is 0. The van der Waals surface area contributed by atoms with Crippen LogP contribution in [-0.4, -0.2) is 29.5 Å². The Bertz CT molecular complexity index is 749. The molecule has 0 aromatic heterocycles. The van der Waals surface area contributed by atoms with E-state index in [0.717, 1.165) is 37.8 Å². The molecule has 3 rings (SSSR count). The lowest BCUT2D eigenvalue weighted by Gasteiger charge is -2.40. The van der Waals surface area contributed by atoms with E-state index in [1.54, 1.807) is 0 Å². The Labute approximate surface area is 157 Å². The number of aliphatic hydroxyl groups is 1. The van der Waals surface area contributed by atoms with Gasteiger partial charge in [0.25, 0.3) is 0 Å². The Morgan fingerprint density at radius 2 is 1.77 bits per heavy atom. The number of hydrogen-bond acceptors (Lipinski definition) is 3. The average molecular weight is 353 g/mol. The molecule has 1 saturated carbocycles. The van der Waals surface area contributed by atoms with E-state index in [9.17, 15) is 5.11 Å². The zero-order chi connectivity index (χ0) is 18.6. The summed E-state index contributed by atoms with van der Waals surface area (Å²) in [6, 6.07) is 15.2. The summed E-state index contributed by atoms with van der Waals surface area (Å²) in [5, 5.41) is 25.7. The zero-order valence-corrected chi connectivity index (χ0v) is 16.1. The molecule has 3 nitrogen and oxygen atoms in total. The van der Waals surface area contributed by atoms with Crippen LogP contribution in [0.3, 0.4) is 0 Å². The maximum absolute atomic E-state index is 11.5. The Morgan fingerprint density at radius 3 is 2.46 bits per heavy atom. The minimum atomic E-state index is -0.685. The fourth-order valence-electron chi connectivity index (χ4n) is 4.36. The van der Waals surface area contributed by atoms with E-state index in [4.69, 9.17) is 5.41 Å². The van der Waals surface area contributed by atoms with Crippen LogP contribution in [0.15, 0.2) is 42.5 Å². The van der Waals surface area contributed by atoms with Gasteiger partial charge in [-0.15, -0.1) is 0 Å². The van der Waals surface area contributed by atoms with Gasteiger partial charge in [0, 0.05) is 24.1 Å². The second kappa shape index (κ2) is 8.32. The van der Waals surface area contributed by atoms with Crippen LogP contribution in [0.1, 0.15) is 63.4 Å². The van der Waals surface area contributed by atoms with Gasteiger partial charge >= 0.3 is 0 Å². The van der Waals surface area contributed by atoms with E-state index in [2.05, 4.69) is 54.7 Å². The average Bonchev–Trinajstić information content (AvgIpc) is 2.66. The highest BCUT2D eigenvalue weighted by Gasteiger charge is 2.39. The summed E-state index contributed by atoms with van der Waals surface area (Å²) < 4.78 is 0. The van der Waals surface area contributed by atoms with Crippen molar-refractivity contribution in [2.75, 3.05) is 7.05 Å². The lowest BCUT2D eigenvalue weighted by atomic mass is 9.70. The van der Waals surface area contributed by atoms with Crippen molar-refractivity contribution < 1.29 is 5.11 Å². The summed E-state index contributed by atoms with van der Waals surface area (Å²) in [5.74, 6) is 0.00367. The van der Waals surface area contributed by atoms with E-state index in [1.165, 1.54) is 22.8 Å². The molecule has 1 fully saturated rings. The van der Waals surface area contributed by atoms with Crippen molar-refractivity contribution in [3.05, 3.63) is 48.0 Å². The van der Waals surface area contributed by atoms with Gasteiger partial charge in [0.15, 0.2) is 0 Å². The maximum Gasteiger partial charge on any atom is 0.0719 e. The predicted molar refractivity (Wildman–Crippen MR) is 110 cm³/mol. The summed E-state index contributed by atoms with van der Waals surface area (Å²) >= 11 is 0. The van der Waals surface area contributed by atoms with Crippen molar-refractivity contribution in [2.24, 2.45) is 0 Å². The van der Waals surface area contributed by atoms with Crippen LogP contribution in [0, 0.1) is 5.41 Å². The van der Waals surface area contributed by atoms with E-state index in [-0.39, 0.29) is 5.92 Å². The fraction of sp³-hybridized carbons (Fsp3) is 0.522. The molecule has 1 unspecified atom stereocenters. The highest BCUT2D eigenvalue weighted by Crippen LogP contribution is 2.42. The molecule has 0 bridgehead atoms. The van der Waals surface area contributed by atoms with Crippen LogP contribution in [-0.2, 0) is 0 Å². The highest BCUT2D eigenvalue weighted by molar-refractivity contribution is 5.85. The molecule has 3 heteroatoms. The van der Waals surface area contributed by atoms with Gasteiger partial charge in [-0.05, 0) is 49.6 Å². The van der Waals surface area contributed by atoms with Gasteiger partial charge in [-0.25, -0.2) is 0 Å². The molecule has 0 heterocycles. The normalized spacial score (nSPS) is 19.2. The first-order valence-corrected chi connectivity index (χ1v) is 9.96. The first-order chi connectivity index (χ1) is 12.5. The maximum atomic E-state index is 11.5. The third kappa shape index (κ3) is 4.33. The SMILES string of the molecule is CN[C@@H](C)CC(=N)CC(c1ccc2ccccc2c1)C1(O)CCCCC1. The minimum Gasteiger partial charge on any atom is -0.389 e. The quantitative estimate of drug-likeness (QED) is 0.612.